The van der Waals surface area contributed by atoms with Crippen molar-refractivity contribution in [3.05, 3.63) is 99.6 Å². The number of ether oxygens (including phenoxy) is 2. The number of hydrogen-bond acceptors (Lipinski definition) is 8. The van der Waals surface area contributed by atoms with Gasteiger partial charge in [-0.3, -0.25) is 14.9 Å². The van der Waals surface area contributed by atoms with Crippen LogP contribution in [0.5, 0.6) is 11.5 Å². The molecule has 0 aliphatic carbocycles. The molecule has 1 heterocycles. The highest BCUT2D eigenvalue weighted by Crippen LogP contribution is 2.30. The first-order valence-electron chi connectivity index (χ1n) is 10.7. The van der Waals surface area contributed by atoms with Crippen LogP contribution < -0.4 is 14.8 Å². The number of anilines is 1. The Morgan fingerprint density at radius 1 is 1.11 bits per heavy atom. The van der Waals surface area contributed by atoms with Crippen LogP contribution in [0.15, 0.2) is 82.7 Å². The zero-order valence-electron chi connectivity index (χ0n) is 19.5. The van der Waals surface area contributed by atoms with Crippen LogP contribution in [0.1, 0.15) is 10.5 Å². The van der Waals surface area contributed by atoms with E-state index in [-0.39, 0.29) is 39.4 Å². The fraction of sp³-hybridized carbons (Fsp3) is 0.0833. The molecule has 0 aliphatic rings. The molecule has 4 rings (SSSR count). The first-order chi connectivity index (χ1) is 18.1. The molecule has 0 fully saturated rings. The van der Waals surface area contributed by atoms with Gasteiger partial charge in [-0.1, -0.05) is 11.6 Å². The Bertz CT molecular complexity index is 1630. The van der Waals surface area contributed by atoms with Gasteiger partial charge in [-0.05, 0) is 48.5 Å². The molecule has 0 radical (unpaired) electrons. The van der Waals surface area contributed by atoms with Gasteiger partial charge in [-0.25, -0.2) is 17.5 Å². The van der Waals surface area contributed by atoms with Crippen LogP contribution >= 0.6 is 11.6 Å². The molecule has 0 bridgehead atoms. The number of methoxy groups -OCH3 is 1. The lowest BCUT2D eigenvalue weighted by molar-refractivity contribution is -0.386. The zero-order chi connectivity index (χ0) is 27.4. The van der Waals surface area contributed by atoms with Gasteiger partial charge in [0.15, 0.2) is 12.4 Å². The highest BCUT2D eigenvalue weighted by atomic mass is 35.5. The number of nitrogens with one attached hydrogen (secondary N) is 1. The van der Waals surface area contributed by atoms with E-state index in [1.165, 1.54) is 66.5 Å². The molecule has 38 heavy (non-hydrogen) atoms. The first-order valence-corrected chi connectivity index (χ1v) is 12.5. The average molecular weight is 561 g/mol. The second kappa shape index (κ2) is 10.9. The van der Waals surface area contributed by atoms with Crippen molar-refractivity contribution >= 4 is 38.7 Å². The lowest BCUT2D eigenvalue weighted by Crippen LogP contribution is -2.15. The third-order valence-corrected chi connectivity index (χ3v) is 7.15. The molecule has 1 N–H and O–H groups in total. The number of carbonyl (C=O) groups excluding carboxylic acids is 1. The molecule has 14 heteroatoms. The molecule has 0 atom stereocenters. The molecular formula is C24H18ClFN4O7S. The zero-order valence-corrected chi connectivity index (χ0v) is 21.1. The largest absolute Gasteiger partial charge is 0.497 e. The monoisotopic (exact) mass is 560 g/mol. The number of nitro groups is 1. The summed E-state index contributed by atoms with van der Waals surface area (Å²) in [5.74, 6) is -1.52. The Labute approximate surface area is 220 Å². The molecule has 3 aromatic carbocycles. The molecule has 4 aromatic rings. The third-order valence-electron chi connectivity index (χ3n) is 5.15. The topological polar surface area (TPSA) is 143 Å². The molecule has 1 aromatic heterocycles. The summed E-state index contributed by atoms with van der Waals surface area (Å²) >= 11 is 5.85. The summed E-state index contributed by atoms with van der Waals surface area (Å²) in [6, 6.07) is 13.8. The summed E-state index contributed by atoms with van der Waals surface area (Å²) in [5.41, 5.74) is -0.366. The van der Waals surface area contributed by atoms with Gasteiger partial charge >= 0.3 is 5.69 Å². The van der Waals surface area contributed by atoms with Crippen LogP contribution in [-0.4, -0.2) is 36.1 Å². The van der Waals surface area contributed by atoms with Crippen LogP contribution in [0.2, 0.25) is 5.02 Å². The van der Waals surface area contributed by atoms with Gasteiger partial charge in [0.25, 0.3) is 5.91 Å². The predicted octanol–water partition coefficient (Wildman–Crippen LogP) is 4.71. The van der Waals surface area contributed by atoms with Crippen molar-refractivity contribution in [2.24, 2.45) is 0 Å². The summed E-state index contributed by atoms with van der Waals surface area (Å²) < 4.78 is 51.4. The molecule has 11 nitrogen and oxygen atoms in total. The number of hydrogen-bond donors (Lipinski definition) is 1. The van der Waals surface area contributed by atoms with Crippen LogP contribution in [0.4, 0.5) is 15.8 Å². The summed E-state index contributed by atoms with van der Waals surface area (Å²) in [7, 11) is -2.60. The smallest absolute Gasteiger partial charge is 0.311 e. The number of sulfone groups is 1. The van der Waals surface area contributed by atoms with Crippen molar-refractivity contribution in [3.63, 3.8) is 0 Å². The van der Waals surface area contributed by atoms with Gasteiger partial charge in [0.1, 0.15) is 11.6 Å². The summed E-state index contributed by atoms with van der Waals surface area (Å²) in [6.07, 6.45) is 1.38. The van der Waals surface area contributed by atoms with Crippen molar-refractivity contribution in [1.82, 2.24) is 9.78 Å². The Kier molecular flexibility index (Phi) is 7.60. The summed E-state index contributed by atoms with van der Waals surface area (Å²) in [6.45, 7) is -0.347. The molecule has 0 spiro atoms. The standard InChI is InChI=1S/C24H18ClFN4O7S/c1-36-18-11-17(12-20(13-18)38(34,35)19-5-2-15(25)3-6-19)27-24(31)21-8-9-29(28-21)14-37-23-10-16(26)4-7-22(23)30(32)33/h2-13H,14H2,1H3,(H,27,31). The van der Waals surface area contributed by atoms with E-state index in [4.69, 9.17) is 21.1 Å². The minimum absolute atomic E-state index is 0.00436. The third kappa shape index (κ3) is 5.90. The van der Waals surface area contributed by atoms with Crippen molar-refractivity contribution in [1.29, 1.82) is 0 Å². The number of rotatable bonds is 9. The van der Waals surface area contributed by atoms with Gasteiger partial charge in [-0.15, -0.1) is 0 Å². The maximum Gasteiger partial charge on any atom is 0.311 e. The van der Waals surface area contributed by atoms with Gasteiger partial charge in [0.2, 0.25) is 15.6 Å². The molecule has 0 aliphatic heterocycles. The maximum absolute atomic E-state index is 13.5. The summed E-state index contributed by atoms with van der Waals surface area (Å²) in [4.78, 5) is 23.1. The average Bonchev–Trinajstić information content (AvgIpc) is 3.36. The van der Waals surface area contributed by atoms with Crippen LogP contribution in [0.3, 0.4) is 0 Å². The first kappa shape index (κ1) is 26.6. The predicted molar refractivity (Wildman–Crippen MR) is 134 cm³/mol. The van der Waals surface area contributed by atoms with Crippen molar-refractivity contribution < 1.29 is 32.0 Å². The number of benzene rings is 3. The van der Waals surface area contributed by atoms with E-state index in [0.717, 1.165) is 18.2 Å². The fourth-order valence-corrected chi connectivity index (χ4v) is 4.75. The van der Waals surface area contributed by atoms with Crippen molar-refractivity contribution in [2.75, 3.05) is 12.4 Å². The Morgan fingerprint density at radius 2 is 1.84 bits per heavy atom. The molecule has 196 valence electrons. The SMILES string of the molecule is COc1cc(NC(=O)c2ccn(COc3cc(F)ccc3[N+](=O)[O-])n2)cc(S(=O)(=O)c2ccc(Cl)cc2)c1. The van der Waals surface area contributed by atoms with E-state index in [9.17, 15) is 27.7 Å². The molecule has 0 saturated heterocycles. The van der Waals surface area contributed by atoms with Crippen molar-refractivity contribution in [2.45, 2.75) is 16.5 Å². The Balaban J connectivity index is 1.51. The van der Waals surface area contributed by atoms with Crippen LogP contribution in [0.25, 0.3) is 0 Å². The Hall–Kier alpha value is -4.49. The van der Waals surface area contributed by atoms with E-state index < -0.39 is 32.2 Å². The minimum atomic E-state index is -3.95. The number of amides is 1. The van der Waals surface area contributed by atoms with Crippen LogP contribution in [0, 0.1) is 15.9 Å². The highest BCUT2D eigenvalue weighted by molar-refractivity contribution is 7.91. The lowest BCUT2D eigenvalue weighted by Gasteiger charge is -2.11. The number of nitro benzene ring substituents is 1. The molecular weight excluding hydrogens is 543 g/mol. The van der Waals surface area contributed by atoms with Gasteiger partial charge < -0.3 is 14.8 Å². The van der Waals surface area contributed by atoms with E-state index in [1.807, 2.05) is 0 Å². The summed E-state index contributed by atoms with van der Waals surface area (Å²) in [5, 5.41) is 18.1. The molecule has 0 unspecified atom stereocenters. The van der Waals surface area contributed by atoms with Crippen molar-refractivity contribution in [3.8, 4) is 11.5 Å². The second-order valence-corrected chi connectivity index (χ2v) is 10.1. The number of halogens is 2. The van der Waals surface area contributed by atoms with E-state index in [0.29, 0.717) is 5.02 Å². The van der Waals surface area contributed by atoms with E-state index in [2.05, 4.69) is 10.4 Å². The van der Waals surface area contributed by atoms with Gasteiger partial charge in [0.05, 0.1) is 21.8 Å². The number of carbonyl (C=O) groups is 1. The second-order valence-electron chi connectivity index (χ2n) is 7.69. The Morgan fingerprint density at radius 3 is 2.53 bits per heavy atom. The fourth-order valence-electron chi connectivity index (χ4n) is 3.31. The number of nitrogens with zero attached hydrogens (tertiary/aromatic N) is 3. The van der Waals surface area contributed by atoms with Gasteiger partial charge in [-0.2, -0.15) is 5.10 Å². The quantitative estimate of drug-likeness (QED) is 0.229. The lowest BCUT2D eigenvalue weighted by atomic mass is 10.3. The highest BCUT2D eigenvalue weighted by Gasteiger charge is 2.21. The van der Waals surface area contributed by atoms with E-state index in [1.54, 1.807) is 0 Å². The minimum Gasteiger partial charge on any atom is -0.497 e. The normalized spacial score (nSPS) is 11.1. The molecule has 1 amide bonds. The maximum atomic E-state index is 13.5. The van der Waals surface area contributed by atoms with Crippen LogP contribution in [-0.2, 0) is 16.6 Å². The number of aromatic nitrogens is 2. The van der Waals surface area contributed by atoms with E-state index >= 15 is 0 Å². The molecule has 0 saturated carbocycles. The van der Waals surface area contributed by atoms with Gasteiger partial charge in [0, 0.05) is 35.1 Å².